The normalized spacial score (nSPS) is 20.0. The van der Waals surface area contributed by atoms with Gasteiger partial charge in [0.25, 0.3) is 0 Å². The molecule has 0 spiro atoms. The number of nitrogens with zero attached hydrogens (tertiary/aromatic N) is 1. The molecule has 1 saturated heterocycles. The summed E-state index contributed by atoms with van der Waals surface area (Å²) in [4.78, 5) is 15.4. The minimum atomic E-state index is -4.92. The van der Waals surface area contributed by atoms with E-state index in [1.807, 2.05) is 18.4 Å². The summed E-state index contributed by atoms with van der Waals surface area (Å²) in [5.74, 6) is -0.766. The molecule has 0 radical (unpaired) electrons. The lowest BCUT2D eigenvalue weighted by molar-refractivity contribution is -0.143. The zero-order valence-corrected chi connectivity index (χ0v) is 17.7. The van der Waals surface area contributed by atoms with Crippen LogP contribution in [-0.2, 0) is 23.7 Å². The number of rotatable bonds is 4. The van der Waals surface area contributed by atoms with Crippen LogP contribution >= 0.6 is 11.3 Å². The maximum Gasteiger partial charge on any atom is 0.416 e. The Morgan fingerprint density at radius 3 is 2.26 bits per heavy atom. The van der Waals surface area contributed by atoms with E-state index >= 15 is 0 Å². The number of carbonyl (C=O) groups is 1. The first-order valence-corrected chi connectivity index (χ1v) is 10.5. The Labute approximate surface area is 180 Å². The Morgan fingerprint density at radius 2 is 1.74 bits per heavy atom. The van der Waals surface area contributed by atoms with Crippen LogP contribution in [0.5, 0.6) is 0 Å². The summed E-state index contributed by atoms with van der Waals surface area (Å²) >= 11 is 1.54. The zero-order valence-electron chi connectivity index (χ0n) is 16.9. The fourth-order valence-corrected chi connectivity index (χ4v) is 5.03. The van der Waals surface area contributed by atoms with Crippen LogP contribution in [0.2, 0.25) is 0 Å². The van der Waals surface area contributed by atoms with Crippen molar-refractivity contribution in [2.24, 2.45) is 5.92 Å². The Balaban J connectivity index is 1.85. The van der Waals surface area contributed by atoms with Gasteiger partial charge in [-0.1, -0.05) is 0 Å². The molecule has 1 aromatic carbocycles. The second-order valence-corrected chi connectivity index (χ2v) is 8.73. The fourth-order valence-electron chi connectivity index (χ4n) is 3.94. The van der Waals surface area contributed by atoms with Gasteiger partial charge in [0.2, 0.25) is 5.91 Å². The highest BCUT2D eigenvalue weighted by Gasteiger charge is 2.38. The van der Waals surface area contributed by atoms with Crippen molar-refractivity contribution in [3.8, 4) is 0 Å². The van der Waals surface area contributed by atoms with Gasteiger partial charge < -0.3 is 10.2 Å². The molecule has 1 fully saturated rings. The molecule has 1 aliphatic heterocycles. The van der Waals surface area contributed by atoms with E-state index in [0.29, 0.717) is 31.6 Å². The molecular weight excluding hydrogens is 442 g/mol. The number of carbonyl (C=O) groups excluding carboxylic acids is 1. The van der Waals surface area contributed by atoms with Gasteiger partial charge in [-0.3, -0.25) is 4.79 Å². The average Bonchev–Trinajstić information content (AvgIpc) is 3.11. The maximum atomic E-state index is 13.1. The summed E-state index contributed by atoms with van der Waals surface area (Å²) in [6.07, 6.45) is -9.30. The Kier molecular flexibility index (Phi) is 6.71. The summed E-state index contributed by atoms with van der Waals surface area (Å²) in [5, 5.41) is 5.19. The monoisotopic (exact) mass is 464 g/mol. The van der Waals surface area contributed by atoms with E-state index in [-0.39, 0.29) is 30.0 Å². The van der Waals surface area contributed by atoms with Gasteiger partial charge >= 0.3 is 12.4 Å². The van der Waals surface area contributed by atoms with E-state index in [1.54, 1.807) is 11.3 Å². The molecule has 2 heterocycles. The fraction of sp³-hybridized carbons (Fsp3) is 0.476. The standard InChI is InChI=1S/C21H22F6N2OS/c1-12-4-6-31-18(12)17-10-28-5-3-16(17)19(30)29(2)11-13-7-14(20(22,23)24)9-15(8-13)21(25,26)27/h4,6-9,16-17,28H,3,5,10-11H2,1-2H3/t16-,17-/m0/s1. The third kappa shape index (κ3) is 5.41. The summed E-state index contributed by atoms with van der Waals surface area (Å²) in [6, 6.07) is 3.39. The number of hydrogen-bond acceptors (Lipinski definition) is 3. The van der Waals surface area contributed by atoms with Gasteiger partial charge in [0, 0.05) is 36.9 Å². The van der Waals surface area contributed by atoms with E-state index in [1.165, 1.54) is 11.9 Å². The molecule has 3 rings (SSSR count). The molecular formula is C21H22F6N2OS. The number of benzene rings is 1. The minimum absolute atomic E-state index is 0.0871. The SMILES string of the molecule is Cc1ccsc1[C@H]1CNCC[C@@H]1C(=O)N(C)Cc1cc(C(F)(F)F)cc(C(F)(F)F)c1. The van der Waals surface area contributed by atoms with E-state index in [0.717, 1.165) is 10.4 Å². The van der Waals surface area contributed by atoms with Crippen molar-refractivity contribution in [3.05, 3.63) is 56.8 Å². The second-order valence-electron chi connectivity index (χ2n) is 7.78. The zero-order chi connectivity index (χ0) is 23.0. The third-order valence-corrected chi connectivity index (χ3v) is 6.63. The molecule has 1 N–H and O–H groups in total. The van der Waals surface area contributed by atoms with Gasteiger partial charge in [-0.25, -0.2) is 0 Å². The van der Waals surface area contributed by atoms with Crippen LogP contribution in [-0.4, -0.2) is 30.9 Å². The predicted octanol–water partition coefficient (Wildman–Crippen LogP) is 5.45. The number of halogens is 6. The lowest BCUT2D eigenvalue weighted by atomic mass is 9.83. The molecule has 2 aromatic rings. The molecule has 170 valence electrons. The van der Waals surface area contributed by atoms with Crippen molar-refractivity contribution in [3.63, 3.8) is 0 Å². The van der Waals surface area contributed by atoms with Gasteiger partial charge in [-0.15, -0.1) is 11.3 Å². The van der Waals surface area contributed by atoms with E-state index in [4.69, 9.17) is 0 Å². The smallest absolute Gasteiger partial charge is 0.341 e. The van der Waals surface area contributed by atoms with Crippen molar-refractivity contribution in [1.29, 1.82) is 0 Å². The molecule has 0 bridgehead atoms. The molecule has 1 aliphatic rings. The number of thiophene rings is 1. The van der Waals surface area contributed by atoms with Crippen molar-refractivity contribution in [2.45, 2.75) is 38.2 Å². The minimum Gasteiger partial charge on any atom is -0.341 e. The highest BCUT2D eigenvalue weighted by Crippen LogP contribution is 2.38. The number of aryl methyl sites for hydroxylation is 1. The molecule has 3 nitrogen and oxygen atoms in total. The van der Waals surface area contributed by atoms with E-state index < -0.39 is 29.4 Å². The van der Waals surface area contributed by atoms with Crippen LogP contribution in [0, 0.1) is 12.8 Å². The second kappa shape index (κ2) is 8.82. The Morgan fingerprint density at radius 1 is 1.13 bits per heavy atom. The van der Waals surface area contributed by atoms with Crippen LogP contribution in [0.1, 0.15) is 39.5 Å². The van der Waals surface area contributed by atoms with Crippen LogP contribution < -0.4 is 5.32 Å². The predicted molar refractivity (Wildman–Crippen MR) is 106 cm³/mol. The number of nitrogens with one attached hydrogen (secondary N) is 1. The van der Waals surface area contributed by atoms with Gasteiger partial charge in [0.15, 0.2) is 0 Å². The summed E-state index contributed by atoms with van der Waals surface area (Å²) in [5.41, 5.74) is -1.91. The number of hydrogen-bond donors (Lipinski definition) is 1. The van der Waals surface area contributed by atoms with Gasteiger partial charge in [-0.05, 0) is 60.7 Å². The lowest BCUT2D eigenvalue weighted by Gasteiger charge is -2.34. The molecule has 0 saturated carbocycles. The highest BCUT2D eigenvalue weighted by atomic mass is 32.1. The maximum absolute atomic E-state index is 13.1. The molecule has 1 aromatic heterocycles. The topological polar surface area (TPSA) is 32.3 Å². The molecule has 2 atom stereocenters. The molecule has 10 heteroatoms. The molecule has 1 amide bonds. The quantitative estimate of drug-likeness (QED) is 0.611. The Bertz CT molecular complexity index is 904. The van der Waals surface area contributed by atoms with Crippen molar-refractivity contribution < 1.29 is 31.1 Å². The van der Waals surface area contributed by atoms with Gasteiger partial charge in [0.1, 0.15) is 0 Å². The van der Waals surface area contributed by atoms with E-state index in [9.17, 15) is 31.1 Å². The van der Waals surface area contributed by atoms with Crippen molar-refractivity contribution in [2.75, 3.05) is 20.1 Å². The van der Waals surface area contributed by atoms with Gasteiger partial charge in [0.05, 0.1) is 11.1 Å². The largest absolute Gasteiger partial charge is 0.416 e. The van der Waals surface area contributed by atoms with Crippen LogP contribution in [0.3, 0.4) is 0 Å². The highest BCUT2D eigenvalue weighted by molar-refractivity contribution is 7.10. The number of amides is 1. The summed E-state index contributed by atoms with van der Waals surface area (Å²) in [6.45, 7) is 2.82. The van der Waals surface area contributed by atoms with Crippen molar-refractivity contribution in [1.82, 2.24) is 10.2 Å². The van der Waals surface area contributed by atoms with Gasteiger partial charge in [-0.2, -0.15) is 26.3 Å². The average molecular weight is 464 g/mol. The first-order chi connectivity index (χ1) is 14.4. The van der Waals surface area contributed by atoms with Crippen LogP contribution in [0.15, 0.2) is 29.6 Å². The third-order valence-electron chi connectivity index (χ3n) is 5.48. The first-order valence-electron chi connectivity index (χ1n) is 9.66. The Hall–Kier alpha value is -2.07. The van der Waals surface area contributed by atoms with Crippen LogP contribution in [0.25, 0.3) is 0 Å². The lowest BCUT2D eigenvalue weighted by Crippen LogP contribution is -2.43. The number of alkyl halides is 6. The van der Waals surface area contributed by atoms with Crippen LogP contribution in [0.4, 0.5) is 26.3 Å². The summed E-state index contributed by atoms with van der Waals surface area (Å²) < 4.78 is 78.7. The summed E-state index contributed by atoms with van der Waals surface area (Å²) in [7, 11) is 1.41. The first kappa shape index (κ1) is 23.6. The molecule has 0 aliphatic carbocycles. The van der Waals surface area contributed by atoms with E-state index in [2.05, 4.69) is 5.32 Å². The van der Waals surface area contributed by atoms with Crippen molar-refractivity contribution >= 4 is 17.2 Å². The molecule has 31 heavy (non-hydrogen) atoms. The molecule has 0 unspecified atom stereocenters. The number of piperidine rings is 1.